The molecule has 2 amide bonds. The summed E-state index contributed by atoms with van der Waals surface area (Å²) in [5, 5.41) is 2.61. The highest BCUT2D eigenvalue weighted by atomic mass is 127. The van der Waals surface area contributed by atoms with Crippen molar-refractivity contribution in [1.29, 1.82) is 0 Å². The van der Waals surface area contributed by atoms with Gasteiger partial charge in [-0.1, -0.05) is 0 Å². The van der Waals surface area contributed by atoms with Crippen molar-refractivity contribution in [2.24, 2.45) is 0 Å². The molecule has 1 aliphatic rings. The lowest BCUT2D eigenvalue weighted by Crippen LogP contribution is -2.48. The van der Waals surface area contributed by atoms with Crippen LogP contribution in [0.2, 0.25) is 0 Å². The van der Waals surface area contributed by atoms with E-state index in [4.69, 9.17) is 0 Å². The van der Waals surface area contributed by atoms with E-state index in [-0.39, 0.29) is 13.0 Å². The van der Waals surface area contributed by atoms with Crippen molar-refractivity contribution in [1.82, 2.24) is 4.90 Å². The molecule has 0 aliphatic carbocycles. The molecular formula is C14H14F3IN2O2. The van der Waals surface area contributed by atoms with Crippen LogP contribution in [0.15, 0.2) is 18.2 Å². The molecule has 2 rings (SSSR count). The van der Waals surface area contributed by atoms with Gasteiger partial charge < -0.3 is 10.2 Å². The fourth-order valence-corrected chi connectivity index (χ4v) is 3.08. The van der Waals surface area contributed by atoms with Crippen LogP contribution in [0, 0.1) is 10.5 Å². The second-order valence-electron chi connectivity index (χ2n) is 5.10. The SMILES string of the molecule is Cc1cc(I)ccc1NC(=O)C1CCCN1C(=O)C(F)(F)F. The van der Waals surface area contributed by atoms with Gasteiger partial charge in [0, 0.05) is 15.8 Å². The monoisotopic (exact) mass is 426 g/mol. The quantitative estimate of drug-likeness (QED) is 0.740. The van der Waals surface area contributed by atoms with Gasteiger partial charge in [-0.2, -0.15) is 13.2 Å². The fraction of sp³-hybridized carbons (Fsp3) is 0.429. The van der Waals surface area contributed by atoms with Crippen LogP contribution in [-0.4, -0.2) is 35.5 Å². The van der Waals surface area contributed by atoms with E-state index in [1.807, 2.05) is 6.07 Å². The highest BCUT2D eigenvalue weighted by Gasteiger charge is 2.47. The lowest BCUT2D eigenvalue weighted by molar-refractivity contribution is -0.186. The first-order chi connectivity index (χ1) is 10.2. The summed E-state index contributed by atoms with van der Waals surface area (Å²) in [5.41, 5.74) is 1.35. The van der Waals surface area contributed by atoms with Crippen molar-refractivity contribution in [2.75, 3.05) is 11.9 Å². The van der Waals surface area contributed by atoms with Crippen LogP contribution >= 0.6 is 22.6 Å². The Labute approximate surface area is 139 Å². The van der Waals surface area contributed by atoms with E-state index in [0.717, 1.165) is 9.13 Å². The maximum atomic E-state index is 12.5. The van der Waals surface area contributed by atoms with Crippen molar-refractivity contribution < 1.29 is 22.8 Å². The number of anilines is 1. The van der Waals surface area contributed by atoms with Crippen molar-refractivity contribution in [3.05, 3.63) is 27.3 Å². The summed E-state index contributed by atoms with van der Waals surface area (Å²) in [7, 11) is 0. The number of halogens is 4. The van der Waals surface area contributed by atoms with Crippen LogP contribution in [0.4, 0.5) is 18.9 Å². The maximum absolute atomic E-state index is 12.5. The summed E-state index contributed by atoms with van der Waals surface area (Å²) in [6.07, 6.45) is -4.34. The Bertz CT molecular complexity index is 604. The molecule has 0 aromatic heterocycles. The molecule has 1 aromatic rings. The Kier molecular flexibility index (Phi) is 4.98. The van der Waals surface area contributed by atoms with Gasteiger partial charge in [0.2, 0.25) is 5.91 Å². The number of rotatable bonds is 2. The Morgan fingerprint density at radius 1 is 1.36 bits per heavy atom. The van der Waals surface area contributed by atoms with Gasteiger partial charge in [-0.15, -0.1) is 0 Å². The number of nitrogens with zero attached hydrogens (tertiary/aromatic N) is 1. The third-order valence-electron chi connectivity index (χ3n) is 3.51. The summed E-state index contributed by atoms with van der Waals surface area (Å²) >= 11 is 2.12. The Morgan fingerprint density at radius 3 is 2.64 bits per heavy atom. The lowest BCUT2D eigenvalue weighted by atomic mass is 10.1. The van der Waals surface area contributed by atoms with Crippen LogP contribution in [0.25, 0.3) is 0 Å². The van der Waals surface area contributed by atoms with E-state index in [2.05, 4.69) is 27.9 Å². The van der Waals surface area contributed by atoms with Gasteiger partial charge in [0.15, 0.2) is 0 Å². The second kappa shape index (κ2) is 6.43. The third-order valence-corrected chi connectivity index (χ3v) is 4.18. The summed E-state index contributed by atoms with van der Waals surface area (Å²) in [6, 6.07) is 4.26. The van der Waals surface area contributed by atoms with Crippen LogP contribution in [0.5, 0.6) is 0 Å². The molecule has 1 aliphatic heterocycles. The molecule has 1 aromatic carbocycles. The molecule has 1 unspecified atom stereocenters. The van der Waals surface area contributed by atoms with Gasteiger partial charge in [0.1, 0.15) is 6.04 Å². The average molecular weight is 426 g/mol. The Hall–Kier alpha value is -1.32. The van der Waals surface area contributed by atoms with Gasteiger partial charge in [-0.05, 0) is 66.1 Å². The molecule has 0 radical (unpaired) electrons. The number of nitrogens with one attached hydrogen (secondary N) is 1. The topological polar surface area (TPSA) is 49.4 Å². The van der Waals surface area contributed by atoms with Crippen molar-refractivity contribution in [3.63, 3.8) is 0 Å². The Balaban J connectivity index is 2.13. The molecule has 1 fully saturated rings. The van der Waals surface area contributed by atoms with Crippen LogP contribution in [-0.2, 0) is 9.59 Å². The molecule has 0 spiro atoms. The highest BCUT2D eigenvalue weighted by molar-refractivity contribution is 14.1. The molecule has 120 valence electrons. The van der Waals surface area contributed by atoms with E-state index < -0.39 is 24.0 Å². The lowest BCUT2D eigenvalue weighted by Gasteiger charge is -2.25. The smallest absolute Gasteiger partial charge is 0.324 e. The van der Waals surface area contributed by atoms with Crippen molar-refractivity contribution >= 4 is 40.1 Å². The summed E-state index contributed by atoms with van der Waals surface area (Å²) < 4.78 is 38.6. The zero-order valence-electron chi connectivity index (χ0n) is 11.7. The van der Waals surface area contributed by atoms with E-state index in [1.54, 1.807) is 19.1 Å². The molecule has 0 bridgehead atoms. The first-order valence-corrected chi connectivity index (χ1v) is 7.73. The molecule has 1 heterocycles. The zero-order chi connectivity index (χ0) is 16.5. The zero-order valence-corrected chi connectivity index (χ0v) is 13.9. The van der Waals surface area contributed by atoms with Crippen LogP contribution in [0.3, 0.4) is 0 Å². The molecule has 1 atom stereocenters. The number of amides is 2. The normalized spacial score (nSPS) is 18.4. The summed E-state index contributed by atoms with van der Waals surface area (Å²) in [5.74, 6) is -2.54. The average Bonchev–Trinajstić information content (AvgIpc) is 2.89. The number of aryl methyl sites for hydroxylation is 1. The first-order valence-electron chi connectivity index (χ1n) is 6.65. The summed E-state index contributed by atoms with van der Waals surface area (Å²) in [4.78, 5) is 24.2. The molecule has 8 heteroatoms. The molecule has 0 saturated carbocycles. The number of likely N-dealkylation sites (tertiary alicyclic amines) is 1. The number of benzene rings is 1. The van der Waals surface area contributed by atoms with Crippen molar-refractivity contribution in [3.8, 4) is 0 Å². The van der Waals surface area contributed by atoms with Gasteiger partial charge in [-0.3, -0.25) is 9.59 Å². The molecule has 1 N–H and O–H groups in total. The van der Waals surface area contributed by atoms with E-state index in [1.165, 1.54) is 0 Å². The number of hydrogen-bond donors (Lipinski definition) is 1. The minimum Gasteiger partial charge on any atom is -0.324 e. The number of alkyl halides is 3. The van der Waals surface area contributed by atoms with Crippen molar-refractivity contribution in [2.45, 2.75) is 32.0 Å². The maximum Gasteiger partial charge on any atom is 0.471 e. The fourth-order valence-electron chi connectivity index (χ4n) is 2.43. The largest absolute Gasteiger partial charge is 0.471 e. The first kappa shape index (κ1) is 17.0. The van der Waals surface area contributed by atoms with E-state index in [0.29, 0.717) is 17.0 Å². The standard InChI is InChI=1S/C14H14F3IN2O2/c1-8-7-9(18)4-5-10(8)19-12(21)11-3-2-6-20(11)13(22)14(15,16)17/h4-5,7,11H,2-3,6H2,1H3,(H,19,21). The molecule has 22 heavy (non-hydrogen) atoms. The van der Waals surface area contributed by atoms with Crippen LogP contribution in [0.1, 0.15) is 18.4 Å². The van der Waals surface area contributed by atoms with Gasteiger partial charge in [-0.25, -0.2) is 0 Å². The third kappa shape index (κ3) is 3.71. The molecular weight excluding hydrogens is 412 g/mol. The van der Waals surface area contributed by atoms with E-state index in [9.17, 15) is 22.8 Å². The minimum atomic E-state index is -4.96. The summed E-state index contributed by atoms with van der Waals surface area (Å²) in [6.45, 7) is 1.74. The Morgan fingerprint density at radius 2 is 2.05 bits per heavy atom. The second-order valence-corrected chi connectivity index (χ2v) is 6.35. The number of hydrogen-bond acceptors (Lipinski definition) is 2. The number of carbonyl (C=O) groups excluding carboxylic acids is 2. The minimum absolute atomic E-state index is 0.0535. The van der Waals surface area contributed by atoms with E-state index >= 15 is 0 Å². The predicted octanol–water partition coefficient (Wildman–Crippen LogP) is 3.09. The van der Waals surface area contributed by atoms with Gasteiger partial charge in [0.05, 0.1) is 0 Å². The molecule has 1 saturated heterocycles. The predicted molar refractivity (Wildman–Crippen MR) is 83.3 cm³/mol. The number of carbonyl (C=O) groups is 2. The van der Waals surface area contributed by atoms with Crippen LogP contribution < -0.4 is 5.32 Å². The highest BCUT2D eigenvalue weighted by Crippen LogP contribution is 2.27. The molecule has 4 nitrogen and oxygen atoms in total. The van der Waals surface area contributed by atoms with Gasteiger partial charge >= 0.3 is 12.1 Å². The van der Waals surface area contributed by atoms with Gasteiger partial charge in [0.25, 0.3) is 0 Å².